The number of nitrogens with zero attached hydrogens (tertiary/aromatic N) is 2. The lowest BCUT2D eigenvalue weighted by molar-refractivity contribution is -0.118. The van der Waals surface area contributed by atoms with Crippen molar-refractivity contribution in [3.8, 4) is 0 Å². The predicted molar refractivity (Wildman–Crippen MR) is 84.4 cm³/mol. The Hall–Kier alpha value is -1.68. The first-order chi connectivity index (χ1) is 9.58. The number of hydrogen-bond acceptors (Lipinski definition) is 3. The maximum Gasteiger partial charge on any atom is 0.227 e. The van der Waals surface area contributed by atoms with E-state index in [4.69, 9.17) is 0 Å². The first-order valence-electron chi connectivity index (χ1n) is 6.84. The molecule has 0 radical (unpaired) electrons. The highest BCUT2D eigenvalue weighted by Gasteiger charge is 2.12. The van der Waals surface area contributed by atoms with Crippen molar-refractivity contribution in [3.05, 3.63) is 46.4 Å². The summed E-state index contributed by atoms with van der Waals surface area (Å²) in [7, 11) is 1.82. The maximum atomic E-state index is 12.2. The van der Waals surface area contributed by atoms with E-state index in [2.05, 4.69) is 24.2 Å². The smallest absolute Gasteiger partial charge is 0.227 e. The van der Waals surface area contributed by atoms with Gasteiger partial charge in [-0.2, -0.15) is 0 Å². The molecule has 0 fully saturated rings. The second-order valence-electron chi connectivity index (χ2n) is 5.11. The minimum absolute atomic E-state index is 0.123. The molecule has 2 aromatic rings. The van der Waals surface area contributed by atoms with Gasteiger partial charge in [-0.1, -0.05) is 32.0 Å². The van der Waals surface area contributed by atoms with Gasteiger partial charge in [0.2, 0.25) is 5.91 Å². The summed E-state index contributed by atoms with van der Waals surface area (Å²) in [6.45, 7) is 4.26. The molecule has 0 aliphatic carbocycles. The summed E-state index contributed by atoms with van der Waals surface area (Å²) in [6.07, 6.45) is 1.21. The molecule has 20 heavy (non-hydrogen) atoms. The van der Waals surface area contributed by atoms with Crippen molar-refractivity contribution < 1.29 is 4.79 Å². The summed E-state index contributed by atoms with van der Waals surface area (Å²) in [6, 6.07) is 9.71. The summed E-state index contributed by atoms with van der Waals surface area (Å²) in [5.74, 6) is 0.570. The normalized spacial score (nSPS) is 10.8. The molecule has 0 atom stereocenters. The van der Waals surface area contributed by atoms with Crippen molar-refractivity contribution >= 4 is 22.9 Å². The third-order valence-electron chi connectivity index (χ3n) is 3.23. The number of thiazole rings is 1. The first kappa shape index (κ1) is 14.7. The molecule has 0 bridgehead atoms. The van der Waals surface area contributed by atoms with Crippen molar-refractivity contribution in [1.82, 2.24) is 4.98 Å². The van der Waals surface area contributed by atoms with E-state index in [1.54, 1.807) is 16.2 Å². The summed E-state index contributed by atoms with van der Waals surface area (Å²) < 4.78 is 0. The molecule has 1 aromatic carbocycles. The second-order valence-corrected chi connectivity index (χ2v) is 6.05. The maximum absolute atomic E-state index is 12.2. The molecule has 3 nitrogen and oxygen atoms in total. The number of rotatable bonds is 5. The van der Waals surface area contributed by atoms with E-state index in [-0.39, 0.29) is 5.91 Å². The highest BCUT2D eigenvalue weighted by Crippen LogP contribution is 2.19. The van der Waals surface area contributed by atoms with Crippen molar-refractivity contribution in [2.75, 3.05) is 11.9 Å². The number of hydrogen-bond donors (Lipinski definition) is 0. The van der Waals surface area contributed by atoms with Gasteiger partial charge in [0.1, 0.15) is 0 Å². The lowest BCUT2D eigenvalue weighted by atomic mass is 10.2. The molecule has 1 amide bonds. The zero-order valence-electron chi connectivity index (χ0n) is 12.2. The zero-order chi connectivity index (χ0) is 14.5. The lowest BCUT2D eigenvalue weighted by Gasteiger charge is -2.16. The minimum Gasteiger partial charge on any atom is -0.315 e. The molecule has 0 saturated carbocycles. The van der Waals surface area contributed by atoms with Crippen LogP contribution in [0, 0.1) is 0 Å². The number of benzene rings is 1. The minimum atomic E-state index is 0.123. The van der Waals surface area contributed by atoms with Gasteiger partial charge < -0.3 is 4.90 Å². The molecule has 0 spiro atoms. The fourth-order valence-electron chi connectivity index (χ4n) is 1.88. The van der Waals surface area contributed by atoms with Crippen LogP contribution in [-0.2, 0) is 11.2 Å². The predicted octanol–water partition coefficient (Wildman–Crippen LogP) is 3.86. The van der Waals surface area contributed by atoms with Crippen molar-refractivity contribution in [2.45, 2.75) is 32.6 Å². The molecule has 2 rings (SSSR count). The third-order valence-corrected chi connectivity index (χ3v) is 4.16. The largest absolute Gasteiger partial charge is 0.315 e. The van der Waals surface area contributed by atoms with Crippen LogP contribution in [0.2, 0.25) is 0 Å². The van der Waals surface area contributed by atoms with Crippen LogP contribution < -0.4 is 4.90 Å². The molecule has 1 heterocycles. The van der Waals surface area contributed by atoms with Gasteiger partial charge in [-0.05, 0) is 18.1 Å². The SMILES string of the molecule is CC(C)c1csc(CCC(=O)N(C)c2ccccc2)n1. The van der Waals surface area contributed by atoms with E-state index in [0.717, 1.165) is 16.4 Å². The van der Waals surface area contributed by atoms with Gasteiger partial charge >= 0.3 is 0 Å². The average molecular weight is 288 g/mol. The topological polar surface area (TPSA) is 33.2 Å². The Morgan fingerprint density at radius 1 is 1.30 bits per heavy atom. The van der Waals surface area contributed by atoms with Gasteiger partial charge in [0.25, 0.3) is 0 Å². The number of aromatic nitrogens is 1. The second kappa shape index (κ2) is 6.66. The summed E-state index contributed by atoms with van der Waals surface area (Å²) in [5, 5.41) is 3.13. The van der Waals surface area contributed by atoms with Crippen LogP contribution in [-0.4, -0.2) is 17.9 Å². The number of para-hydroxylation sites is 1. The van der Waals surface area contributed by atoms with Crippen LogP contribution in [0.4, 0.5) is 5.69 Å². The Labute approximate surface area is 124 Å². The summed E-state index contributed by atoms with van der Waals surface area (Å²) >= 11 is 1.65. The molecule has 0 aliphatic rings. The number of aryl methyl sites for hydroxylation is 1. The van der Waals surface area contributed by atoms with Gasteiger partial charge in [-0.15, -0.1) is 11.3 Å². The lowest BCUT2D eigenvalue weighted by Crippen LogP contribution is -2.26. The van der Waals surface area contributed by atoms with Crippen LogP contribution >= 0.6 is 11.3 Å². The van der Waals surface area contributed by atoms with Crippen molar-refractivity contribution in [2.24, 2.45) is 0 Å². The third kappa shape index (κ3) is 3.67. The molecular weight excluding hydrogens is 268 g/mol. The first-order valence-corrected chi connectivity index (χ1v) is 7.72. The molecule has 0 unspecified atom stereocenters. The van der Waals surface area contributed by atoms with E-state index in [9.17, 15) is 4.79 Å². The van der Waals surface area contributed by atoms with Crippen LogP contribution in [0.5, 0.6) is 0 Å². The molecule has 0 N–H and O–H groups in total. The van der Waals surface area contributed by atoms with Gasteiger partial charge in [0.15, 0.2) is 0 Å². The highest BCUT2D eigenvalue weighted by atomic mass is 32.1. The van der Waals surface area contributed by atoms with Gasteiger partial charge in [0, 0.05) is 31.0 Å². The van der Waals surface area contributed by atoms with E-state index in [0.29, 0.717) is 18.8 Å². The van der Waals surface area contributed by atoms with Crippen molar-refractivity contribution in [3.63, 3.8) is 0 Å². The molecular formula is C16H20N2OS. The fraction of sp³-hybridized carbons (Fsp3) is 0.375. The zero-order valence-corrected chi connectivity index (χ0v) is 13.0. The van der Waals surface area contributed by atoms with E-state index in [1.165, 1.54) is 0 Å². The Morgan fingerprint density at radius 3 is 2.60 bits per heavy atom. The molecule has 106 valence electrons. The fourth-order valence-corrected chi connectivity index (χ4v) is 2.84. The van der Waals surface area contributed by atoms with Gasteiger partial charge in [-0.3, -0.25) is 4.79 Å². The summed E-state index contributed by atoms with van der Waals surface area (Å²) in [4.78, 5) is 18.4. The Balaban J connectivity index is 1.91. The highest BCUT2D eigenvalue weighted by molar-refractivity contribution is 7.09. The van der Waals surface area contributed by atoms with Crippen molar-refractivity contribution in [1.29, 1.82) is 0 Å². The van der Waals surface area contributed by atoms with Crippen LogP contribution in [0.1, 0.15) is 36.9 Å². The average Bonchev–Trinajstić information content (AvgIpc) is 2.94. The van der Waals surface area contributed by atoms with E-state index < -0.39 is 0 Å². The Kier molecular flexibility index (Phi) is 4.90. The van der Waals surface area contributed by atoms with Crippen LogP contribution in [0.25, 0.3) is 0 Å². The Bertz CT molecular complexity index is 563. The van der Waals surface area contributed by atoms with Gasteiger partial charge in [0.05, 0.1) is 10.7 Å². The molecule has 0 saturated heterocycles. The van der Waals surface area contributed by atoms with Gasteiger partial charge in [-0.25, -0.2) is 4.98 Å². The van der Waals surface area contributed by atoms with Crippen LogP contribution in [0.3, 0.4) is 0 Å². The molecule has 4 heteroatoms. The number of carbonyl (C=O) groups excluding carboxylic acids is 1. The number of anilines is 1. The van der Waals surface area contributed by atoms with E-state index in [1.807, 2.05) is 37.4 Å². The Morgan fingerprint density at radius 2 is 2.00 bits per heavy atom. The standard InChI is InChI=1S/C16H20N2OS/c1-12(2)14-11-20-15(17-14)9-10-16(19)18(3)13-7-5-4-6-8-13/h4-8,11-12H,9-10H2,1-3H3. The summed E-state index contributed by atoms with van der Waals surface area (Å²) in [5.41, 5.74) is 2.05. The molecule has 1 aromatic heterocycles. The van der Waals surface area contributed by atoms with E-state index >= 15 is 0 Å². The monoisotopic (exact) mass is 288 g/mol. The quantitative estimate of drug-likeness (QED) is 0.837. The molecule has 0 aliphatic heterocycles. The number of carbonyl (C=O) groups is 1. The van der Waals surface area contributed by atoms with Crippen LogP contribution in [0.15, 0.2) is 35.7 Å². The number of amides is 1.